The molecule has 0 saturated carbocycles. The molecular weight excluding hydrogens is 343 g/mol. The Labute approximate surface area is 138 Å². The Hall–Kier alpha value is -3.35. The van der Waals surface area contributed by atoms with Crippen molar-refractivity contribution in [2.45, 2.75) is 12.6 Å². The molecule has 130 valence electrons. The summed E-state index contributed by atoms with van der Waals surface area (Å²) < 4.78 is 43.4. The fraction of sp³-hybridized carbons (Fsp3) is 0.200. The van der Waals surface area contributed by atoms with Crippen molar-refractivity contribution in [3.05, 3.63) is 51.3 Å². The van der Waals surface area contributed by atoms with Crippen LogP contribution in [0.1, 0.15) is 16.8 Å². The van der Waals surface area contributed by atoms with Crippen molar-refractivity contribution in [2.24, 2.45) is 0 Å². The number of aromatic nitrogens is 1. The van der Waals surface area contributed by atoms with Crippen molar-refractivity contribution in [3.8, 4) is 17.2 Å². The molecule has 0 radical (unpaired) electrons. The molecule has 2 aromatic rings. The van der Waals surface area contributed by atoms with Gasteiger partial charge in [-0.15, -0.1) is 0 Å². The minimum absolute atomic E-state index is 0.0237. The lowest BCUT2D eigenvalue weighted by atomic mass is 9.99. The first-order chi connectivity index (χ1) is 11.7. The molecule has 0 spiro atoms. The Morgan fingerprint density at radius 2 is 2.08 bits per heavy atom. The second-order valence-electron chi connectivity index (χ2n) is 4.94. The molecule has 10 heteroatoms. The van der Waals surface area contributed by atoms with Crippen molar-refractivity contribution in [1.82, 2.24) is 4.98 Å². The van der Waals surface area contributed by atoms with Crippen LogP contribution in [-0.4, -0.2) is 23.0 Å². The Balaban J connectivity index is 2.62. The van der Waals surface area contributed by atoms with Gasteiger partial charge in [0.1, 0.15) is 6.07 Å². The average Bonchev–Trinajstić information content (AvgIpc) is 2.95. The van der Waals surface area contributed by atoms with Gasteiger partial charge >= 0.3 is 12.1 Å². The first-order valence-electron chi connectivity index (χ1n) is 6.71. The number of hydrogen-bond acceptors (Lipinski definition) is 5. The van der Waals surface area contributed by atoms with Gasteiger partial charge in [0.25, 0.3) is 5.69 Å². The van der Waals surface area contributed by atoms with E-state index in [1.807, 2.05) is 0 Å². The van der Waals surface area contributed by atoms with Crippen LogP contribution in [0.25, 0.3) is 11.1 Å². The summed E-state index contributed by atoms with van der Waals surface area (Å²) in [5.41, 5.74) is -2.05. The van der Waals surface area contributed by atoms with E-state index in [0.717, 1.165) is 13.2 Å². The number of hydrogen-bond donors (Lipinski definition) is 1. The molecule has 0 amide bonds. The van der Waals surface area contributed by atoms with Crippen LogP contribution in [0.5, 0.6) is 0 Å². The molecule has 7 nitrogen and oxygen atoms in total. The number of esters is 1. The first-order valence-corrected chi connectivity index (χ1v) is 6.71. The molecule has 25 heavy (non-hydrogen) atoms. The summed E-state index contributed by atoms with van der Waals surface area (Å²) in [6, 6.07) is 3.84. The predicted octanol–water partition coefficient (Wildman–Crippen LogP) is 3.20. The highest BCUT2D eigenvalue weighted by molar-refractivity contribution is 5.78. The molecule has 1 aromatic carbocycles. The molecule has 0 saturated heterocycles. The normalized spacial score (nSPS) is 11.0. The number of carbonyl (C=O) groups excluding carboxylic acids is 1. The number of alkyl halides is 3. The summed E-state index contributed by atoms with van der Waals surface area (Å²) >= 11 is 0. The van der Waals surface area contributed by atoms with Crippen molar-refractivity contribution in [3.63, 3.8) is 0 Å². The molecule has 0 aliphatic heterocycles. The summed E-state index contributed by atoms with van der Waals surface area (Å²) in [6.45, 7) is 0. The summed E-state index contributed by atoms with van der Waals surface area (Å²) in [6.07, 6.45) is -3.87. The fourth-order valence-electron chi connectivity index (χ4n) is 2.21. The van der Waals surface area contributed by atoms with Crippen LogP contribution in [0.15, 0.2) is 24.4 Å². The first kappa shape index (κ1) is 18.0. The average molecular weight is 353 g/mol. The minimum atomic E-state index is -4.79. The van der Waals surface area contributed by atoms with Gasteiger partial charge in [0.15, 0.2) is 0 Å². The summed E-state index contributed by atoms with van der Waals surface area (Å²) in [5, 5.41) is 20.2. The Morgan fingerprint density at radius 3 is 2.60 bits per heavy atom. The van der Waals surface area contributed by atoms with Crippen LogP contribution in [0, 0.1) is 21.4 Å². The number of rotatable bonds is 4. The lowest BCUT2D eigenvalue weighted by Gasteiger charge is -2.09. The lowest BCUT2D eigenvalue weighted by Crippen LogP contribution is -2.06. The van der Waals surface area contributed by atoms with Gasteiger partial charge in [-0.3, -0.25) is 14.9 Å². The largest absolute Gasteiger partial charge is 0.469 e. The topological polar surface area (TPSA) is 109 Å². The highest BCUT2D eigenvalue weighted by Gasteiger charge is 2.33. The second-order valence-corrected chi connectivity index (χ2v) is 4.94. The molecule has 1 heterocycles. The number of carbonyl (C=O) groups is 1. The van der Waals surface area contributed by atoms with Gasteiger partial charge < -0.3 is 9.72 Å². The number of nitro benzene ring substituents is 1. The molecule has 0 fully saturated rings. The SMILES string of the molecule is COC(=O)Cc1[nH]cc(-c2cc([N+](=O)[O-])cc(C(F)(F)F)c2)c1C#N. The maximum atomic E-state index is 13.0. The van der Waals surface area contributed by atoms with E-state index in [0.29, 0.717) is 12.1 Å². The number of non-ortho nitro benzene ring substituents is 1. The van der Waals surface area contributed by atoms with Gasteiger partial charge in [0.2, 0.25) is 0 Å². The van der Waals surface area contributed by atoms with Crippen LogP contribution >= 0.6 is 0 Å². The smallest absolute Gasteiger partial charge is 0.416 e. The number of halogens is 3. The third-order valence-corrected chi connectivity index (χ3v) is 3.39. The van der Waals surface area contributed by atoms with Gasteiger partial charge in [0.05, 0.1) is 29.6 Å². The molecule has 0 atom stereocenters. The molecule has 0 aliphatic carbocycles. The molecule has 0 unspecified atom stereocenters. The fourth-order valence-corrected chi connectivity index (χ4v) is 2.21. The quantitative estimate of drug-likeness (QED) is 0.516. The standard InChI is InChI=1S/C15H10F3N3O4/c1-25-14(22)5-13-11(6-19)12(7-20-13)8-2-9(15(16,17)18)4-10(3-8)21(23)24/h2-4,7,20H,5H2,1H3. The van der Waals surface area contributed by atoms with Crippen LogP contribution < -0.4 is 0 Å². The van der Waals surface area contributed by atoms with Gasteiger partial charge in [-0.1, -0.05) is 0 Å². The van der Waals surface area contributed by atoms with Gasteiger partial charge in [-0.25, -0.2) is 0 Å². The molecule has 0 aliphatic rings. The van der Waals surface area contributed by atoms with E-state index >= 15 is 0 Å². The van der Waals surface area contributed by atoms with E-state index in [1.54, 1.807) is 6.07 Å². The van der Waals surface area contributed by atoms with Crippen LogP contribution in [0.4, 0.5) is 18.9 Å². The van der Waals surface area contributed by atoms with Crippen LogP contribution in [0.3, 0.4) is 0 Å². The van der Waals surface area contributed by atoms with Crippen molar-refractivity contribution < 1.29 is 27.6 Å². The molecule has 1 N–H and O–H groups in total. The molecular formula is C15H10F3N3O4. The van der Waals surface area contributed by atoms with E-state index in [2.05, 4.69) is 9.72 Å². The third-order valence-electron chi connectivity index (χ3n) is 3.39. The van der Waals surface area contributed by atoms with Crippen molar-refractivity contribution in [2.75, 3.05) is 7.11 Å². The minimum Gasteiger partial charge on any atom is -0.469 e. The van der Waals surface area contributed by atoms with Crippen molar-refractivity contribution >= 4 is 11.7 Å². The zero-order valence-electron chi connectivity index (χ0n) is 12.7. The Kier molecular flexibility index (Phi) is 4.78. The highest BCUT2D eigenvalue weighted by atomic mass is 19.4. The third kappa shape index (κ3) is 3.77. The number of nitriles is 1. The highest BCUT2D eigenvalue weighted by Crippen LogP contribution is 2.36. The maximum Gasteiger partial charge on any atom is 0.416 e. The lowest BCUT2D eigenvalue weighted by molar-refractivity contribution is -0.385. The number of benzene rings is 1. The summed E-state index contributed by atoms with van der Waals surface area (Å²) in [5.74, 6) is -0.653. The Morgan fingerprint density at radius 1 is 1.40 bits per heavy atom. The van der Waals surface area contributed by atoms with Gasteiger partial charge in [-0.2, -0.15) is 18.4 Å². The van der Waals surface area contributed by atoms with Crippen LogP contribution in [-0.2, 0) is 22.1 Å². The predicted molar refractivity (Wildman–Crippen MR) is 78.3 cm³/mol. The number of H-pyrrole nitrogens is 1. The number of aromatic amines is 1. The van der Waals surface area contributed by atoms with Crippen molar-refractivity contribution in [1.29, 1.82) is 5.26 Å². The summed E-state index contributed by atoms with van der Waals surface area (Å²) in [7, 11) is 1.15. The zero-order valence-corrected chi connectivity index (χ0v) is 12.7. The molecule has 2 rings (SSSR count). The summed E-state index contributed by atoms with van der Waals surface area (Å²) in [4.78, 5) is 23.9. The number of nitrogens with one attached hydrogen (secondary N) is 1. The molecule has 0 bridgehead atoms. The van der Waals surface area contributed by atoms with Gasteiger partial charge in [-0.05, 0) is 11.6 Å². The Bertz CT molecular complexity index is 881. The van der Waals surface area contributed by atoms with Crippen LogP contribution in [0.2, 0.25) is 0 Å². The monoisotopic (exact) mass is 353 g/mol. The number of nitro groups is 1. The van der Waals surface area contributed by atoms with Gasteiger partial charge in [0, 0.05) is 29.6 Å². The second kappa shape index (κ2) is 6.64. The zero-order chi connectivity index (χ0) is 18.8. The van der Waals surface area contributed by atoms with E-state index in [9.17, 15) is 33.3 Å². The van der Waals surface area contributed by atoms with E-state index in [-0.39, 0.29) is 28.8 Å². The van der Waals surface area contributed by atoms with E-state index in [4.69, 9.17) is 0 Å². The number of methoxy groups -OCH3 is 1. The maximum absolute atomic E-state index is 13.0. The molecule has 1 aromatic heterocycles. The number of ether oxygens (including phenoxy) is 1. The number of nitrogens with zero attached hydrogens (tertiary/aromatic N) is 2. The van der Waals surface area contributed by atoms with E-state index in [1.165, 1.54) is 6.20 Å². The van der Waals surface area contributed by atoms with E-state index < -0.39 is 28.3 Å².